The van der Waals surface area contributed by atoms with Crippen LogP contribution in [-0.2, 0) is 23.2 Å². The number of carbonyl (C=O) groups excluding carboxylic acids is 2. The van der Waals surface area contributed by atoms with Crippen LogP contribution in [0.3, 0.4) is 0 Å². The molecule has 0 unspecified atom stereocenters. The van der Waals surface area contributed by atoms with Crippen LogP contribution in [0.4, 0.5) is 11.8 Å². The van der Waals surface area contributed by atoms with Crippen molar-refractivity contribution in [1.29, 1.82) is 0 Å². The Labute approximate surface area is 260 Å². The van der Waals surface area contributed by atoms with E-state index in [4.69, 9.17) is 25.6 Å². The van der Waals surface area contributed by atoms with Crippen molar-refractivity contribution in [2.45, 2.75) is 13.5 Å². The van der Waals surface area contributed by atoms with E-state index < -0.39 is 5.97 Å². The highest BCUT2D eigenvalue weighted by Gasteiger charge is 2.25. The highest BCUT2D eigenvalue weighted by Crippen LogP contribution is 2.29. The van der Waals surface area contributed by atoms with E-state index in [2.05, 4.69) is 31.5 Å². The number of hydrogen-bond donors (Lipinski definition) is 1. The Bertz CT molecular complexity index is 1680. The normalized spacial score (nSPS) is 15.8. The third-order valence-corrected chi connectivity index (χ3v) is 8.28. The van der Waals surface area contributed by atoms with Crippen molar-refractivity contribution in [3.8, 4) is 11.4 Å². The molecule has 0 radical (unpaired) electrons. The maximum Gasteiger partial charge on any atom is 0.359 e. The lowest BCUT2D eigenvalue weighted by molar-refractivity contribution is 0.0502. The number of likely N-dealkylation sites (N-methyl/N-ethyl adjacent to an activating group) is 1. The summed E-state index contributed by atoms with van der Waals surface area (Å²) >= 11 is 0. The van der Waals surface area contributed by atoms with E-state index >= 15 is 0 Å². The van der Waals surface area contributed by atoms with Gasteiger partial charge in [-0.1, -0.05) is 19.1 Å². The molecule has 2 aliphatic rings. The summed E-state index contributed by atoms with van der Waals surface area (Å²) in [5.74, 6) is 6.62. The number of imidazole rings is 1. The fraction of sp³-hybridized carbons (Fsp3) is 0.433. The number of nitrogens with two attached hydrogens (primary N) is 1. The monoisotopic (exact) mass is 615 g/mol. The number of amides is 1. The van der Waals surface area contributed by atoms with E-state index in [9.17, 15) is 9.59 Å². The lowest BCUT2D eigenvalue weighted by atomic mass is 10.1. The summed E-state index contributed by atoms with van der Waals surface area (Å²) < 4.78 is 7.54. The molecule has 2 fully saturated rings. The summed E-state index contributed by atoms with van der Waals surface area (Å²) in [6.45, 7) is 9.19. The van der Waals surface area contributed by atoms with Gasteiger partial charge in [-0.15, -0.1) is 0 Å². The number of carbonyl (C=O) groups is 2. The summed E-state index contributed by atoms with van der Waals surface area (Å²) in [6, 6.07) is 7.55. The number of aryl methyl sites for hydroxylation is 1. The molecule has 15 nitrogen and oxygen atoms in total. The molecule has 45 heavy (non-hydrogen) atoms. The number of morpholine rings is 1. The molecule has 0 atom stereocenters. The zero-order chi connectivity index (χ0) is 31.5. The Morgan fingerprint density at radius 2 is 1.73 bits per heavy atom. The molecule has 6 rings (SSSR count). The lowest BCUT2D eigenvalue weighted by Gasteiger charge is -2.34. The number of benzene rings is 1. The van der Waals surface area contributed by atoms with E-state index in [1.807, 2.05) is 52.7 Å². The van der Waals surface area contributed by atoms with Crippen LogP contribution in [0.2, 0.25) is 0 Å². The minimum Gasteiger partial charge on any atom is -0.378 e. The average molecular weight is 616 g/mol. The van der Waals surface area contributed by atoms with Crippen LogP contribution in [0.1, 0.15) is 33.5 Å². The second-order valence-corrected chi connectivity index (χ2v) is 11.1. The molecule has 2 saturated heterocycles. The van der Waals surface area contributed by atoms with Gasteiger partial charge in [0.15, 0.2) is 22.8 Å². The van der Waals surface area contributed by atoms with Crippen LogP contribution in [-0.4, -0.2) is 117 Å². The first-order valence-corrected chi connectivity index (χ1v) is 15.0. The Morgan fingerprint density at radius 3 is 2.42 bits per heavy atom. The quantitative estimate of drug-likeness (QED) is 0.281. The van der Waals surface area contributed by atoms with Crippen LogP contribution in [0.5, 0.6) is 0 Å². The topological polar surface area (TPSA) is 161 Å². The molecule has 0 saturated carbocycles. The van der Waals surface area contributed by atoms with E-state index in [-0.39, 0.29) is 11.5 Å². The summed E-state index contributed by atoms with van der Waals surface area (Å²) in [5, 5.41) is 0. The number of ether oxygens (including phenoxy) is 1. The molecule has 4 aromatic rings. The molecular weight excluding hydrogens is 578 g/mol. The molecule has 236 valence electrons. The molecule has 2 N–H and O–H groups in total. The predicted molar refractivity (Wildman–Crippen MR) is 167 cm³/mol. The van der Waals surface area contributed by atoms with Crippen molar-refractivity contribution < 1.29 is 19.2 Å². The van der Waals surface area contributed by atoms with E-state index in [1.165, 1.54) is 12.4 Å². The van der Waals surface area contributed by atoms with Gasteiger partial charge < -0.3 is 33.7 Å². The van der Waals surface area contributed by atoms with Crippen molar-refractivity contribution in [2.75, 3.05) is 75.9 Å². The maximum absolute atomic E-state index is 13.4. The molecule has 0 spiro atoms. The van der Waals surface area contributed by atoms with Crippen molar-refractivity contribution >= 4 is 34.8 Å². The molecule has 5 heterocycles. The Kier molecular flexibility index (Phi) is 8.82. The van der Waals surface area contributed by atoms with E-state index in [0.29, 0.717) is 74.4 Å². The van der Waals surface area contributed by atoms with Crippen LogP contribution >= 0.6 is 0 Å². The number of anilines is 2. The van der Waals surface area contributed by atoms with Gasteiger partial charge in [0.1, 0.15) is 5.82 Å². The van der Waals surface area contributed by atoms with Gasteiger partial charge in [0.05, 0.1) is 25.3 Å². The first kappa shape index (κ1) is 30.3. The number of piperazine rings is 1. The molecule has 15 heteroatoms. The zero-order valence-electron chi connectivity index (χ0n) is 25.7. The molecule has 1 aromatic carbocycles. The second-order valence-electron chi connectivity index (χ2n) is 11.1. The van der Waals surface area contributed by atoms with Gasteiger partial charge in [-0.3, -0.25) is 4.79 Å². The minimum absolute atomic E-state index is 0.0168. The first-order chi connectivity index (χ1) is 21.9. The zero-order valence-corrected chi connectivity index (χ0v) is 25.7. The molecule has 3 aromatic heterocycles. The molecule has 0 aliphatic carbocycles. The van der Waals surface area contributed by atoms with Gasteiger partial charge in [0, 0.05) is 76.9 Å². The van der Waals surface area contributed by atoms with Gasteiger partial charge in [-0.2, -0.15) is 5.90 Å². The number of rotatable bonds is 8. The third-order valence-electron chi connectivity index (χ3n) is 8.28. The smallest absolute Gasteiger partial charge is 0.359 e. The largest absolute Gasteiger partial charge is 0.378 e. The predicted octanol–water partition coefficient (Wildman–Crippen LogP) is 1.10. The molecule has 1 amide bonds. The van der Waals surface area contributed by atoms with Crippen molar-refractivity contribution in [3.63, 3.8) is 0 Å². The standard InChI is InChI=1S/C30H37N11O4/c1-4-39-8-10-41(11-9-39)28(42)21-7-5-6-20(16-21)25-35-26-24(27(36-25)40-12-14-44-15-13-40)34-23(38(26)3)19-37(2)30-32-17-22(18-33-30)29(43)45-31/h5-7,16-18H,4,8-15,19,31H2,1-3H3. The van der Waals surface area contributed by atoms with Crippen LogP contribution in [0.15, 0.2) is 36.7 Å². The van der Waals surface area contributed by atoms with Crippen LogP contribution < -0.4 is 15.7 Å². The Morgan fingerprint density at radius 1 is 1.00 bits per heavy atom. The molecule has 2 aliphatic heterocycles. The summed E-state index contributed by atoms with van der Waals surface area (Å²) in [6.07, 6.45) is 2.72. The van der Waals surface area contributed by atoms with E-state index in [0.717, 1.165) is 36.8 Å². The highest BCUT2D eigenvalue weighted by molar-refractivity contribution is 5.95. The van der Waals surface area contributed by atoms with Gasteiger partial charge >= 0.3 is 5.97 Å². The van der Waals surface area contributed by atoms with Crippen molar-refractivity contribution in [3.05, 3.63) is 53.6 Å². The SMILES string of the molecule is CCN1CCN(C(=O)c2cccc(-c3nc(N4CCOCC4)c4nc(CN(C)c5ncc(C(=O)ON)cn5)n(C)c4n3)c2)CC1. The lowest BCUT2D eigenvalue weighted by Crippen LogP contribution is -2.48. The van der Waals surface area contributed by atoms with E-state index in [1.54, 1.807) is 0 Å². The van der Waals surface area contributed by atoms with Gasteiger partial charge in [0.25, 0.3) is 5.91 Å². The van der Waals surface area contributed by atoms with Gasteiger partial charge in [0.2, 0.25) is 5.95 Å². The Hall–Kier alpha value is -4.73. The summed E-state index contributed by atoms with van der Waals surface area (Å²) in [4.78, 5) is 61.1. The fourth-order valence-corrected chi connectivity index (χ4v) is 5.57. The number of nitrogens with zero attached hydrogens (tertiary/aromatic N) is 10. The average Bonchev–Trinajstić information content (AvgIpc) is 3.41. The summed E-state index contributed by atoms with van der Waals surface area (Å²) in [5.41, 5.74) is 2.87. The van der Waals surface area contributed by atoms with Gasteiger partial charge in [-0.05, 0) is 18.7 Å². The number of hydrogen-bond acceptors (Lipinski definition) is 13. The van der Waals surface area contributed by atoms with Gasteiger partial charge in [-0.25, -0.2) is 29.7 Å². The minimum atomic E-state index is -0.714. The molecule has 0 bridgehead atoms. The van der Waals surface area contributed by atoms with Crippen molar-refractivity contribution in [1.82, 2.24) is 39.3 Å². The Balaban J connectivity index is 1.32. The number of aromatic nitrogens is 6. The first-order valence-electron chi connectivity index (χ1n) is 15.0. The number of fused-ring (bicyclic) bond motifs is 1. The maximum atomic E-state index is 13.4. The van der Waals surface area contributed by atoms with Crippen molar-refractivity contribution in [2.24, 2.45) is 12.9 Å². The fourth-order valence-electron chi connectivity index (χ4n) is 5.57. The second kappa shape index (κ2) is 13.1. The van der Waals surface area contributed by atoms with Crippen LogP contribution in [0.25, 0.3) is 22.6 Å². The van der Waals surface area contributed by atoms with Crippen LogP contribution in [0, 0.1) is 0 Å². The summed E-state index contributed by atoms with van der Waals surface area (Å²) in [7, 11) is 3.75. The highest BCUT2D eigenvalue weighted by atomic mass is 16.7. The third kappa shape index (κ3) is 6.27. The molecular formula is C30H37N11O4.